The third kappa shape index (κ3) is 21.5. The van der Waals surface area contributed by atoms with E-state index in [9.17, 15) is 72.3 Å². The Labute approximate surface area is 845 Å². The molecule has 6 aromatic carbocycles. The topological polar surface area (TPSA) is 553 Å². The lowest BCUT2D eigenvalue weighted by molar-refractivity contribution is -0.192. The van der Waals surface area contributed by atoms with Crippen LogP contribution in [0, 0.1) is 6.92 Å². The minimum atomic E-state index is -5.08. The van der Waals surface area contributed by atoms with Crippen LogP contribution in [0.15, 0.2) is 287 Å². The van der Waals surface area contributed by atoms with Gasteiger partial charge in [0.25, 0.3) is 35.4 Å². The first-order chi connectivity index (χ1) is 71.5. The Morgan fingerprint density at radius 3 is 1.09 bits per heavy atom. The van der Waals surface area contributed by atoms with Gasteiger partial charge in [0, 0.05) is 167 Å². The Balaban J connectivity index is 0.000000111. The van der Waals surface area contributed by atoms with E-state index in [1.807, 2.05) is 159 Å². The van der Waals surface area contributed by atoms with Crippen molar-refractivity contribution in [1.82, 2.24) is 122 Å². The number of carboxylic acid groups (broad SMARTS) is 1. The number of methoxy groups -OCH3 is 1. The van der Waals surface area contributed by atoms with Crippen molar-refractivity contribution in [3.63, 3.8) is 0 Å². The molecule has 6 amide bonds. The molecule has 6 unspecified atom stereocenters. The number of amides is 6. The standard InChI is InChI=1S/C19H17N5O3S.C17H10N6O2S.C16H12N4O3S.C16H12N4O2S.C15H10N4O2S.C11H9N3O3S.C2HF3O2/c25-18-11-19(28(26)22-18)24-16-2-1-13(9-15(16)12-21-24)14-3-4-20-17(10-14)23-5-7-27-8-6-23;24-15-7-16(26(25)22-15)23-14-2-1-10(5-12(14)9-21-23)11-6-13-17(20-8-11)19-4-3-18-13;21-9-10-3-12(7-17-6-10)11-1-2-14-13(4-11)8-18-20(14)16-5-15(22)19-24(16)23;1-10-4-12(8-17-7-10)11-2-3-14-13(5-11)9-18-20(14)16-6-15(21)19-23(16)22;20-14-8-15(22(21)18-14)19-13-2-1-11(7-12(13)9-17-19)10-3-5-16-6-4-10;1-17-8-3-2-7-6-12-14(9(7)4-8)11-5-10(15)13-18(11)16;3-2(4,5)1(6)7/h1-4,9-12H,5-8H2,(H,22,25);1-9H,(H,22,24);1-8,21H,9H2,(H,19,22);2-9H,1H3,(H,19,21);1-9H,(H,18,20);2-6H,1H3,(H,13,15);(H,6,7). The number of aromatic nitrogens is 19. The van der Waals surface area contributed by atoms with Gasteiger partial charge in [0.2, 0.25) is 0 Å². The summed E-state index contributed by atoms with van der Waals surface area (Å²) in [5, 5.41) is 49.1. The van der Waals surface area contributed by atoms with Gasteiger partial charge in [0.15, 0.2) is 102 Å². The third-order valence-electron chi connectivity index (χ3n) is 22.5. The third-order valence-corrected chi connectivity index (χ3v) is 28.9. The van der Waals surface area contributed by atoms with Gasteiger partial charge in [-0.25, -0.2) is 73.1 Å². The van der Waals surface area contributed by atoms with E-state index in [1.54, 1.807) is 98.4 Å². The number of rotatable bonds is 14. The number of hydrogen-bond donors (Lipinski definition) is 8. The fourth-order valence-electron chi connectivity index (χ4n) is 15.7. The second kappa shape index (κ2) is 42.6. The van der Waals surface area contributed by atoms with Crippen molar-refractivity contribution >= 4 is 220 Å². The SMILES string of the molecule is COc1ccc2cnn(C3=CC(=O)NS3=O)c2c1.Cc1cncc(-c2ccc3c(cnn3C3=CC(=O)NS3=O)c2)c1.O=C(O)C(F)(F)F.O=C1C=C(n2ncc3cc(-c4ccnc(N5CCOCC5)c4)ccc32)S(=O)N1.O=C1C=C(n2ncc3cc(-c4ccncc4)ccc32)S(=O)N1.O=C1C=C(n2ncc3cc(-c4cnc5nccnc5c4)ccc32)S(=O)N1.O=C1C=C(n2ncc3cc(-c4cncc(CO)c4)ccc32)S(=O)N1. The predicted molar refractivity (Wildman–Crippen MR) is 545 cm³/mol. The van der Waals surface area contributed by atoms with Crippen LogP contribution in [0.1, 0.15) is 11.1 Å². The highest BCUT2D eigenvalue weighted by Crippen LogP contribution is 2.36. The highest BCUT2D eigenvalue weighted by molar-refractivity contribution is 7.95. The molecule has 0 radical (unpaired) electrons. The molecular weight excluding hydrogens is 2040 g/mol. The predicted octanol–water partition coefficient (Wildman–Crippen LogP) is 9.30. The zero-order valence-corrected chi connectivity index (χ0v) is 81.1. The molecule has 0 aliphatic carbocycles. The molecule has 25 rings (SSSR count). The number of aryl methyl sites for hydroxylation is 1. The van der Waals surface area contributed by atoms with E-state index in [4.69, 9.17) is 19.4 Å². The molecule has 0 saturated carbocycles. The van der Waals surface area contributed by atoms with Crippen molar-refractivity contribution in [2.75, 3.05) is 38.3 Å². The fourth-order valence-corrected chi connectivity index (χ4v) is 20.9. The number of nitrogens with one attached hydrogen (secondary N) is 6. The number of benzene rings is 6. The van der Waals surface area contributed by atoms with Gasteiger partial charge in [0.1, 0.15) is 17.1 Å². The number of halogens is 3. The number of morpholine rings is 1. The van der Waals surface area contributed by atoms with Crippen molar-refractivity contribution < 1.29 is 91.7 Å². The average molecular weight is 2110 g/mol. The summed E-state index contributed by atoms with van der Waals surface area (Å²) in [5.41, 5.74) is 17.7. The summed E-state index contributed by atoms with van der Waals surface area (Å²) in [4.78, 5) is 109. The largest absolute Gasteiger partial charge is 0.497 e. The fraction of sp³-hybridized carbons (Fsp3) is 0.0833. The average Bonchev–Trinajstić information content (AvgIpc) is 1.63. The number of carbonyl (C=O) groups is 7. The summed E-state index contributed by atoms with van der Waals surface area (Å²) in [7, 11) is -7.91. The van der Waals surface area contributed by atoms with Crippen LogP contribution in [0.2, 0.25) is 0 Å². The molecule has 1 saturated heterocycles. The summed E-state index contributed by atoms with van der Waals surface area (Å²) in [6.45, 7) is 5.03. The molecule has 7 aliphatic heterocycles. The summed E-state index contributed by atoms with van der Waals surface area (Å²) in [6, 6.07) is 48.4. The minimum absolute atomic E-state index is 0.0674. The Morgan fingerprint density at radius 1 is 0.365 bits per heavy atom. The maximum atomic E-state index is 12.0. The zero-order chi connectivity index (χ0) is 103. The molecule has 1 fully saturated rings. The van der Waals surface area contributed by atoms with Gasteiger partial charge in [0.05, 0.1) is 97.2 Å². The van der Waals surface area contributed by atoms with Gasteiger partial charge in [-0.1, -0.05) is 30.3 Å². The van der Waals surface area contributed by atoms with Gasteiger partial charge in [-0.05, 0) is 172 Å². The maximum absolute atomic E-state index is 12.0. The quantitative estimate of drug-likeness (QED) is 0.0502. The molecule has 52 heteroatoms. The molecule has 148 heavy (non-hydrogen) atoms. The molecule has 19 heterocycles. The van der Waals surface area contributed by atoms with Gasteiger partial charge in [-0.2, -0.15) is 43.8 Å². The molecule has 0 bridgehead atoms. The number of carbonyl (C=O) groups excluding carboxylic acids is 6. The lowest BCUT2D eigenvalue weighted by atomic mass is 10.0. The molecule has 18 aromatic rings. The molecule has 744 valence electrons. The highest BCUT2D eigenvalue weighted by atomic mass is 32.2. The molecule has 0 spiro atoms. The van der Waals surface area contributed by atoms with E-state index < -0.39 is 84.0 Å². The second-order valence-electron chi connectivity index (χ2n) is 32.1. The Hall–Kier alpha value is -17.8. The van der Waals surface area contributed by atoms with Gasteiger partial charge in [-0.15, -0.1) is 0 Å². The molecule has 6 atom stereocenters. The number of aliphatic hydroxyl groups is 1. The first kappa shape index (κ1) is 98.9. The Bertz CT molecular complexity index is 8880. The number of pyridine rings is 5. The number of aliphatic carboxylic acids is 1. The van der Waals surface area contributed by atoms with Crippen LogP contribution in [-0.4, -0.2) is 210 Å². The van der Waals surface area contributed by atoms with E-state index >= 15 is 0 Å². The summed E-state index contributed by atoms with van der Waals surface area (Å²) in [5.74, 6) is -3.42. The molecule has 12 aromatic heterocycles. The number of carboxylic acids is 1. The van der Waals surface area contributed by atoms with E-state index in [2.05, 4.69) is 111 Å². The van der Waals surface area contributed by atoms with Crippen molar-refractivity contribution in [3.8, 4) is 61.4 Å². The number of hydrogen-bond acceptors (Lipinski definition) is 30. The summed E-state index contributed by atoms with van der Waals surface area (Å²) in [6.07, 6.45) is 30.0. The van der Waals surface area contributed by atoms with Gasteiger partial charge < -0.3 is 24.6 Å². The molecular formula is C96H71F3N26O17S6. The molecule has 8 N–H and O–H groups in total. The van der Waals surface area contributed by atoms with Gasteiger partial charge >= 0.3 is 12.1 Å². The number of anilines is 1. The first-order valence-corrected chi connectivity index (χ1v) is 50.5. The van der Waals surface area contributed by atoms with E-state index in [1.165, 1.54) is 59.9 Å². The van der Waals surface area contributed by atoms with Crippen LogP contribution in [0.5, 0.6) is 5.75 Å². The molecule has 7 aliphatic rings. The first-order valence-electron chi connectivity index (χ1n) is 43.6. The number of alkyl halides is 3. The summed E-state index contributed by atoms with van der Waals surface area (Å²) < 4.78 is 137. The summed E-state index contributed by atoms with van der Waals surface area (Å²) >= 11 is 0. The Morgan fingerprint density at radius 2 is 0.716 bits per heavy atom. The van der Waals surface area contributed by atoms with Crippen LogP contribution in [0.3, 0.4) is 0 Å². The van der Waals surface area contributed by atoms with Crippen LogP contribution < -0.4 is 38.0 Å². The lowest BCUT2D eigenvalue weighted by Crippen LogP contribution is -2.36. The van der Waals surface area contributed by atoms with Crippen molar-refractivity contribution in [1.29, 1.82) is 0 Å². The normalized spacial score (nSPS) is 17.6. The lowest BCUT2D eigenvalue weighted by Gasteiger charge is -2.28. The zero-order valence-electron chi connectivity index (χ0n) is 76.2. The second-order valence-corrected chi connectivity index (χ2v) is 39.1. The smallest absolute Gasteiger partial charge is 0.490 e. The van der Waals surface area contributed by atoms with Crippen LogP contribution in [0.4, 0.5) is 19.0 Å². The number of fused-ring (bicyclic) bond motifs is 7. The van der Waals surface area contributed by atoms with Crippen LogP contribution in [0.25, 0.3) is 162 Å². The van der Waals surface area contributed by atoms with E-state index in [0.717, 1.165) is 157 Å². The van der Waals surface area contributed by atoms with Crippen molar-refractivity contribution in [3.05, 3.63) is 298 Å². The van der Waals surface area contributed by atoms with Crippen LogP contribution >= 0.6 is 0 Å². The minimum Gasteiger partial charge on any atom is -0.497 e. The van der Waals surface area contributed by atoms with Gasteiger partial charge in [-0.3, -0.25) is 77.0 Å². The van der Waals surface area contributed by atoms with Crippen LogP contribution in [-0.2, 0) is 111 Å². The molecule has 43 nitrogen and oxygen atoms in total. The monoisotopic (exact) mass is 2110 g/mol. The van der Waals surface area contributed by atoms with Crippen molar-refractivity contribution in [2.24, 2.45) is 0 Å². The van der Waals surface area contributed by atoms with Crippen molar-refractivity contribution in [2.45, 2.75) is 19.7 Å². The Kier molecular flexibility index (Phi) is 28.5. The van der Waals surface area contributed by atoms with E-state index in [-0.39, 0.29) is 36.1 Å². The number of ether oxygens (including phenoxy) is 2. The highest BCUT2D eigenvalue weighted by Gasteiger charge is 2.39. The number of aliphatic hydroxyl groups excluding tert-OH is 1. The number of nitrogens with zero attached hydrogens (tertiary/aromatic N) is 20. The maximum Gasteiger partial charge on any atom is 0.490 e. The van der Waals surface area contributed by atoms with E-state index in [0.29, 0.717) is 54.8 Å².